The molecule has 2 amide bonds. The Bertz CT molecular complexity index is 1720. The van der Waals surface area contributed by atoms with Gasteiger partial charge in [0.15, 0.2) is 0 Å². The number of carbonyl (C=O) groups excluding carboxylic acids is 2. The molecule has 5 rings (SSSR count). The first-order chi connectivity index (χ1) is 18.9. The Morgan fingerprint density at radius 3 is 2.55 bits per heavy atom. The number of amides is 2. The van der Waals surface area contributed by atoms with E-state index < -0.39 is 33.2 Å². The number of fused-ring (bicyclic) bond motifs is 2. The fourth-order valence-electron chi connectivity index (χ4n) is 5.52. The summed E-state index contributed by atoms with van der Waals surface area (Å²) in [7, 11) is -2.07. The van der Waals surface area contributed by atoms with Crippen molar-refractivity contribution in [2.45, 2.75) is 23.8 Å². The molecule has 11 heteroatoms. The lowest BCUT2D eigenvalue weighted by Gasteiger charge is -2.46. The molecule has 2 N–H and O–H groups in total. The van der Waals surface area contributed by atoms with Crippen molar-refractivity contribution in [3.05, 3.63) is 98.8 Å². The molecule has 1 spiro atoms. The number of rotatable bonds is 4. The van der Waals surface area contributed by atoms with Gasteiger partial charge >= 0.3 is 0 Å². The van der Waals surface area contributed by atoms with Crippen LogP contribution in [0.3, 0.4) is 0 Å². The van der Waals surface area contributed by atoms with E-state index in [0.29, 0.717) is 32.4 Å². The third-order valence-corrected chi connectivity index (χ3v) is 9.15. The maximum Gasteiger partial charge on any atom is 0.238 e. The Hall–Kier alpha value is -3.42. The molecule has 0 unspecified atom stereocenters. The van der Waals surface area contributed by atoms with Crippen LogP contribution >= 0.6 is 23.2 Å². The van der Waals surface area contributed by atoms with Crippen molar-refractivity contribution in [1.29, 1.82) is 0 Å². The molecular weight excluding hydrogens is 576 g/mol. The van der Waals surface area contributed by atoms with E-state index in [0.717, 1.165) is 10.6 Å². The molecule has 0 saturated carbocycles. The van der Waals surface area contributed by atoms with E-state index in [2.05, 4.69) is 22.5 Å². The van der Waals surface area contributed by atoms with Crippen molar-refractivity contribution in [1.82, 2.24) is 9.62 Å². The number of piperidine rings is 1. The highest BCUT2D eigenvalue weighted by Crippen LogP contribution is 2.58. The van der Waals surface area contributed by atoms with Gasteiger partial charge in [-0.2, -0.15) is 4.31 Å². The summed E-state index contributed by atoms with van der Waals surface area (Å²) in [5, 5.41) is 6.73. The summed E-state index contributed by atoms with van der Waals surface area (Å²) in [5.74, 6) is 3.75. The van der Waals surface area contributed by atoms with Crippen molar-refractivity contribution < 1.29 is 22.4 Å². The average molecular weight is 600 g/mol. The molecule has 0 radical (unpaired) electrons. The van der Waals surface area contributed by atoms with Crippen molar-refractivity contribution in [2.24, 2.45) is 0 Å². The lowest BCUT2D eigenvalue weighted by molar-refractivity contribution is -0.131. The van der Waals surface area contributed by atoms with Crippen LogP contribution in [0.5, 0.6) is 0 Å². The number of sulfonamides is 1. The number of hydrogen-bond donors (Lipinski definition) is 2. The fraction of sp³-hybridized carbons (Fsp3) is 0.241. The molecule has 1 saturated heterocycles. The van der Waals surface area contributed by atoms with Gasteiger partial charge in [0.1, 0.15) is 11.2 Å². The molecule has 3 atom stereocenters. The van der Waals surface area contributed by atoms with Crippen molar-refractivity contribution in [3.63, 3.8) is 0 Å². The monoisotopic (exact) mass is 599 g/mol. The summed E-state index contributed by atoms with van der Waals surface area (Å²) >= 11 is 12.6. The number of nitrogens with zero attached hydrogens (tertiary/aromatic N) is 1. The van der Waals surface area contributed by atoms with Gasteiger partial charge in [-0.3, -0.25) is 9.59 Å². The van der Waals surface area contributed by atoms with E-state index in [1.165, 1.54) is 25.2 Å². The predicted molar refractivity (Wildman–Crippen MR) is 152 cm³/mol. The number of hydrogen-bond acceptors (Lipinski definition) is 4. The Morgan fingerprint density at radius 1 is 1.07 bits per heavy atom. The quantitative estimate of drug-likeness (QED) is 0.428. The average Bonchev–Trinajstić information content (AvgIpc) is 3.16. The first-order valence-corrected chi connectivity index (χ1v) is 14.9. The third kappa shape index (κ3) is 4.97. The third-order valence-electron chi connectivity index (χ3n) is 7.42. The second-order valence-corrected chi connectivity index (χ2v) is 12.8. The fourth-order valence-corrected chi connectivity index (χ4v) is 6.19. The summed E-state index contributed by atoms with van der Waals surface area (Å²) in [6.45, 7) is -0.106. The highest BCUT2D eigenvalue weighted by atomic mass is 35.5. The highest BCUT2D eigenvalue weighted by molar-refractivity contribution is 7.88. The van der Waals surface area contributed by atoms with Gasteiger partial charge in [-0.25, -0.2) is 12.8 Å². The van der Waals surface area contributed by atoms with Crippen molar-refractivity contribution >= 4 is 50.7 Å². The standard InChI is InChI=1S/C29H24Cl2FN3O4S/c1-35(40(2,38)39)12-4-6-17-8-10-21(32)15-22(17)27-29(23-11-9-20(31)14-25(23)33-28(29)37)24(16-26(36)34-27)18-5-3-7-19(30)13-18/h3,5,7-11,13-15,24,27H,12,16H2,1-2H3,(H,33,37)(H,34,36)/t24-,27+,29-/m0/s1. The van der Waals surface area contributed by atoms with Crippen LogP contribution in [0.1, 0.15) is 40.6 Å². The lowest BCUT2D eigenvalue weighted by atomic mass is 9.59. The summed E-state index contributed by atoms with van der Waals surface area (Å²) < 4.78 is 39.5. The van der Waals surface area contributed by atoms with Crippen LogP contribution in [0.25, 0.3) is 0 Å². The lowest BCUT2D eigenvalue weighted by Crippen LogP contribution is -2.57. The first-order valence-electron chi connectivity index (χ1n) is 12.3. The van der Waals surface area contributed by atoms with Gasteiger partial charge in [-0.05, 0) is 59.2 Å². The maximum atomic E-state index is 14.8. The van der Waals surface area contributed by atoms with Crippen LogP contribution in [-0.4, -0.2) is 44.4 Å². The maximum absolute atomic E-state index is 14.8. The van der Waals surface area contributed by atoms with Gasteiger partial charge in [-0.15, -0.1) is 0 Å². The topological polar surface area (TPSA) is 95.6 Å². The Balaban J connectivity index is 1.74. The second kappa shape index (κ2) is 10.5. The van der Waals surface area contributed by atoms with Gasteiger partial charge < -0.3 is 10.6 Å². The smallest absolute Gasteiger partial charge is 0.238 e. The Labute approximate surface area is 241 Å². The molecule has 0 aliphatic carbocycles. The molecule has 2 heterocycles. The van der Waals surface area contributed by atoms with E-state index >= 15 is 0 Å². The van der Waals surface area contributed by atoms with Crippen molar-refractivity contribution in [2.75, 3.05) is 25.2 Å². The van der Waals surface area contributed by atoms with Gasteiger partial charge in [0.25, 0.3) is 0 Å². The summed E-state index contributed by atoms with van der Waals surface area (Å²) in [5.41, 5.74) is 0.972. The van der Waals surface area contributed by atoms with E-state index in [1.54, 1.807) is 36.4 Å². The SMILES string of the molecule is CN(CC#Cc1ccc(F)cc1[C@H]1NC(=O)C[C@@H](c2cccc(Cl)c2)[C@]12C(=O)Nc1cc(Cl)ccc12)S(C)(=O)=O. The second-order valence-electron chi connectivity index (χ2n) is 9.88. The minimum Gasteiger partial charge on any atom is -0.348 e. The number of benzene rings is 3. The molecular formula is C29H24Cl2FN3O4S. The van der Waals surface area contributed by atoms with Crippen LogP contribution < -0.4 is 10.6 Å². The van der Waals surface area contributed by atoms with Crippen LogP contribution in [0.2, 0.25) is 10.0 Å². The predicted octanol–water partition coefficient (Wildman–Crippen LogP) is 4.61. The molecule has 40 heavy (non-hydrogen) atoms. The number of halogens is 3. The molecule has 0 aromatic heterocycles. The Kier molecular flexibility index (Phi) is 7.40. The largest absolute Gasteiger partial charge is 0.348 e. The number of nitrogens with one attached hydrogen (secondary N) is 2. The van der Waals surface area contributed by atoms with Gasteiger partial charge in [-0.1, -0.05) is 53.2 Å². The van der Waals surface area contributed by atoms with Gasteiger partial charge in [0, 0.05) is 40.7 Å². The van der Waals surface area contributed by atoms with Crippen LogP contribution in [0, 0.1) is 17.7 Å². The molecule has 1 fully saturated rings. The molecule has 0 bridgehead atoms. The summed E-state index contributed by atoms with van der Waals surface area (Å²) in [6.07, 6.45) is 1.04. The zero-order valence-electron chi connectivity index (χ0n) is 21.5. The molecule has 2 aliphatic heterocycles. The molecule has 2 aliphatic rings. The van der Waals surface area contributed by atoms with E-state index in [-0.39, 0.29) is 30.3 Å². The van der Waals surface area contributed by atoms with Crippen LogP contribution in [0.4, 0.5) is 10.1 Å². The first kappa shape index (κ1) is 28.1. The summed E-state index contributed by atoms with van der Waals surface area (Å²) in [6, 6.07) is 14.9. The zero-order valence-corrected chi connectivity index (χ0v) is 23.8. The van der Waals surface area contributed by atoms with Gasteiger partial charge in [0.2, 0.25) is 21.8 Å². The number of carbonyl (C=O) groups is 2. The van der Waals surface area contributed by atoms with Gasteiger partial charge in [0.05, 0.1) is 18.8 Å². The molecule has 3 aromatic rings. The van der Waals surface area contributed by atoms with E-state index in [9.17, 15) is 22.4 Å². The summed E-state index contributed by atoms with van der Waals surface area (Å²) in [4.78, 5) is 27.4. The molecule has 206 valence electrons. The minimum absolute atomic E-state index is 0.0260. The molecule has 3 aromatic carbocycles. The zero-order chi connectivity index (χ0) is 28.8. The normalized spacial score (nSPS) is 21.9. The van der Waals surface area contributed by atoms with Crippen molar-refractivity contribution in [3.8, 4) is 11.8 Å². The minimum atomic E-state index is -3.47. The molecule has 7 nitrogen and oxygen atoms in total. The Morgan fingerprint density at radius 2 is 1.82 bits per heavy atom. The van der Waals surface area contributed by atoms with E-state index in [1.807, 2.05) is 6.07 Å². The van der Waals surface area contributed by atoms with E-state index in [4.69, 9.17) is 23.2 Å². The van der Waals surface area contributed by atoms with Crippen LogP contribution in [-0.2, 0) is 25.0 Å². The van der Waals surface area contributed by atoms with Crippen LogP contribution in [0.15, 0.2) is 60.7 Å². The number of anilines is 1. The highest BCUT2D eigenvalue weighted by Gasteiger charge is 2.61.